The van der Waals surface area contributed by atoms with Crippen molar-refractivity contribution in [2.75, 3.05) is 6.61 Å². The summed E-state index contributed by atoms with van der Waals surface area (Å²) in [5, 5.41) is 0. The van der Waals surface area contributed by atoms with Crippen molar-refractivity contribution in [3.8, 4) is 5.75 Å². The van der Waals surface area contributed by atoms with Gasteiger partial charge in [-0.25, -0.2) is 0 Å². The third-order valence-corrected chi connectivity index (χ3v) is 3.03. The van der Waals surface area contributed by atoms with E-state index in [1.54, 1.807) is 0 Å². The highest BCUT2D eigenvalue weighted by atomic mass is 79.9. The van der Waals surface area contributed by atoms with Gasteiger partial charge in [0.15, 0.2) is 5.78 Å². The number of halogens is 1. The summed E-state index contributed by atoms with van der Waals surface area (Å²) in [7, 11) is 0. The Morgan fingerprint density at radius 3 is 2.86 bits per heavy atom. The zero-order valence-corrected chi connectivity index (χ0v) is 9.72. The third-order valence-electron chi connectivity index (χ3n) is 2.40. The van der Waals surface area contributed by atoms with Crippen LogP contribution in [0.25, 0.3) is 0 Å². The summed E-state index contributed by atoms with van der Waals surface area (Å²) in [6.45, 7) is 4.25. The van der Waals surface area contributed by atoms with Crippen molar-refractivity contribution in [1.29, 1.82) is 0 Å². The van der Waals surface area contributed by atoms with Crippen LogP contribution < -0.4 is 4.74 Å². The molecule has 0 N–H and O–H groups in total. The fraction of sp³-hybridized carbons (Fsp3) is 0.364. The van der Waals surface area contributed by atoms with Gasteiger partial charge in [-0.2, -0.15) is 0 Å². The first-order valence-electron chi connectivity index (χ1n) is 4.48. The fourth-order valence-electron chi connectivity index (χ4n) is 1.52. The highest BCUT2D eigenvalue weighted by molar-refractivity contribution is 9.10. The summed E-state index contributed by atoms with van der Waals surface area (Å²) in [6.07, 6.45) is 0. The molecule has 74 valence electrons. The molecule has 1 aliphatic rings. The van der Waals surface area contributed by atoms with Gasteiger partial charge in [-0.05, 0) is 41.9 Å². The van der Waals surface area contributed by atoms with Crippen LogP contribution in [0.3, 0.4) is 0 Å². The largest absolute Gasteiger partial charge is 0.491 e. The maximum Gasteiger partial charge on any atom is 0.175 e. The van der Waals surface area contributed by atoms with Crippen molar-refractivity contribution in [3.63, 3.8) is 0 Å². The van der Waals surface area contributed by atoms with Crippen LogP contribution in [0.4, 0.5) is 0 Å². The van der Waals surface area contributed by atoms with E-state index in [4.69, 9.17) is 4.74 Å². The number of carbonyl (C=O) groups excluding carboxylic acids is 1. The highest BCUT2D eigenvalue weighted by Gasteiger charge is 2.36. The second kappa shape index (κ2) is 3.09. The summed E-state index contributed by atoms with van der Waals surface area (Å²) < 4.78 is 6.42. The molecule has 0 atom stereocenters. The monoisotopic (exact) mass is 254 g/mol. The van der Waals surface area contributed by atoms with E-state index < -0.39 is 5.41 Å². The van der Waals surface area contributed by atoms with Gasteiger partial charge in [0.2, 0.25) is 0 Å². The number of ether oxygens (including phenoxy) is 1. The van der Waals surface area contributed by atoms with E-state index in [9.17, 15) is 4.79 Å². The molecule has 1 aliphatic heterocycles. The van der Waals surface area contributed by atoms with Crippen molar-refractivity contribution < 1.29 is 9.53 Å². The quantitative estimate of drug-likeness (QED) is 0.712. The Balaban J connectivity index is 2.57. The molecule has 0 aliphatic carbocycles. The number of rotatable bonds is 0. The molecule has 0 aromatic heterocycles. The van der Waals surface area contributed by atoms with Gasteiger partial charge in [0.05, 0.1) is 15.5 Å². The van der Waals surface area contributed by atoms with Crippen LogP contribution in [-0.4, -0.2) is 12.4 Å². The van der Waals surface area contributed by atoms with Crippen LogP contribution in [0.15, 0.2) is 22.7 Å². The minimum atomic E-state index is -0.409. The fourth-order valence-corrected chi connectivity index (χ4v) is 2.00. The Morgan fingerprint density at radius 1 is 1.43 bits per heavy atom. The number of ketones is 1. The standard InChI is InChI=1S/C11H11BrO2/c1-11(2)6-14-9-7(10(11)13)4-3-5-8(9)12/h3-5H,6H2,1-2H3. The van der Waals surface area contributed by atoms with Crippen molar-refractivity contribution in [2.24, 2.45) is 5.41 Å². The van der Waals surface area contributed by atoms with E-state index in [0.29, 0.717) is 17.9 Å². The maximum absolute atomic E-state index is 12.0. The number of benzene rings is 1. The van der Waals surface area contributed by atoms with Gasteiger partial charge >= 0.3 is 0 Å². The molecule has 1 aromatic carbocycles. The van der Waals surface area contributed by atoms with E-state index >= 15 is 0 Å². The molecule has 3 heteroatoms. The average molecular weight is 255 g/mol. The molecule has 0 fully saturated rings. The molecule has 1 aromatic rings. The SMILES string of the molecule is CC1(C)COc2c(Br)cccc2C1=O. The molecule has 0 unspecified atom stereocenters. The molecule has 2 nitrogen and oxygen atoms in total. The summed E-state index contributed by atoms with van der Waals surface area (Å²) >= 11 is 3.37. The zero-order valence-electron chi connectivity index (χ0n) is 8.13. The molecule has 0 bridgehead atoms. The minimum Gasteiger partial charge on any atom is -0.491 e. The smallest absolute Gasteiger partial charge is 0.175 e. The second-order valence-electron chi connectivity index (χ2n) is 4.12. The van der Waals surface area contributed by atoms with Gasteiger partial charge in [-0.15, -0.1) is 0 Å². The first-order chi connectivity index (χ1) is 6.52. The van der Waals surface area contributed by atoms with Crippen LogP contribution in [0, 0.1) is 5.41 Å². The highest BCUT2D eigenvalue weighted by Crippen LogP contribution is 2.38. The van der Waals surface area contributed by atoms with Gasteiger partial charge in [0.1, 0.15) is 12.4 Å². The van der Waals surface area contributed by atoms with Gasteiger partial charge in [0, 0.05) is 0 Å². The number of fused-ring (bicyclic) bond motifs is 1. The molecule has 0 saturated heterocycles. The van der Waals surface area contributed by atoms with Crippen molar-refractivity contribution in [1.82, 2.24) is 0 Å². The van der Waals surface area contributed by atoms with E-state index in [1.807, 2.05) is 32.0 Å². The second-order valence-corrected chi connectivity index (χ2v) is 4.97. The van der Waals surface area contributed by atoms with Gasteiger partial charge in [0.25, 0.3) is 0 Å². The Kier molecular flexibility index (Phi) is 2.14. The van der Waals surface area contributed by atoms with Gasteiger partial charge in [-0.1, -0.05) is 6.07 Å². The normalized spacial score (nSPS) is 18.6. The van der Waals surface area contributed by atoms with Crippen LogP contribution in [0.1, 0.15) is 24.2 Å². The predicted octanol–water partition coefficient (Wildman–Crippen LogP) is 3.05. The maximum atomic E-state index is 12.0. The summed E-state index contributed by atoms with van der Waals surface area (Å²) in [5.41, 5.74) is 0.268. The van der Waals surface area contributed by atoms with Crippen molar-refractivity contribution >= 4 is 21.7 Å². The lowest BCUT2D eigenvalue weighted by Gasteiger charge is -2.30. The van der Waals surface area contributed by atoms with Crippen LogP contribution in [0.5, 0.6) is 5.75 Å². The topological polar surface area (TPSA) is 26.3 Å². The summed E-state index contributed by atoms with van der Waals surface area (Å²) in [4.78, 5) is 12.0. The Hall–Kier alpha value is -0.830. The van der Waals surface area contributed by atoms with E-state index in [2.05, 4.69) is 15.9 Å². The molecule has 2 rings (SSSR count). The molecule has 0 amide bonds. The van der Waals surface area contributed by atoms with Crippen molar-refractivity contribution in [3.05, 3.63) is 28.2 Å². The molecule has 0 radical (unpaired) electrons. The average Bonchev–Trinajstić information content (AvgIpc) is 2.13. The summed E-state index contributed by atoms with van der Waals surface area (Å²) in [5.74, 6) is 0.830. The summed E-state index contributed by atoms with van der Waals surface area (Å²) in [6, 6.07) is 5.54. The minimum absolute atomic E-state index is 0.153. The van der Waals surface area contributed by atoms with Gasteiger partial charge in [-0.3, -0.25) is 4.79 Å². The number of carbonyl (C=O) groups is 1. The molecule has 0 saturated carbocycles. The Bertz CT molecular complexity index is 396. The number of para-hydroxylation sites is 1. The first kappa shape index (κ1) is 9.71. The third kappa shape index (κ3) is 1.36. The predicted molar refractivity (Wildman–Crippen MR) is 57.7 cm³/mol. The first-order valence-corrected chi connectivity index (χ1v) is 5.28. The Morgan fingerprint density at radius 2 is 2.14 bits per heavy atom. The van der Waals surface area contributed by atoms with Crippen LogP contribution >= 0.6 is 15.9 Å². The molecular formula is C11H11BrO2. The van der Waals surface area contributed by atoms with Crippen LogP contribution in [-0.2, 0) is 0 Å². The van der Waals surface area contributed by atoms with E-state index in [1.165, 1.54) is 0 Å². The molecule has 0 spiro atoms. The lowest BCUT2D eigenvalue weighted by Crippen LogP contribution is -2.35. The lowest BCUT2D eigenvalue weighted by molar-refractivity contribution is 0.0691. The van der Waals surface area contributed by atoms with Crippen LogP contribution in [0.2, 0.25) is 0 Å². The molecule has 14 heavy (non-hydrogen) atoms. The van der Waals surface area contributed by atoms with Gasteiger partial charge < -0.3 is 4.74 Å². The number of hydrogen-bond donors (Lipinski definition) is 0. The number of hydrogen-bond acceptors (Lipinski definition) is 2. The number of Topliss-reactive ketones (excluding diaryl/α,β-unsaturated/α-hetero) is 1. The molecule has 1 heterocycles. The molecular weight excluding hydrogens is 244 g/mol. The van der Waals surface area contributed by atoms with Crippen molar-refractivity contribution in [2.45, 2.75) is 13.8 Å². The van der Waals surface area contributed by atoms with E-state index in [-0.39, 0.29) is 5.78 Å². The Labute approximate surface area is 91.4 Å². The zero-order chi connectivity index (χ0) is 10.3. The lowest BCUT2D eigenvalue weighted by atomic mass is 9.83. The van der Waals surface area contributed by atoms with E-state index in [0.717, 1.165) is 4.47 Å².